The zero-order chi connectivity index (χ0) is 11.7. The summed E-state index contributed by atoms with van der Waals surface area (Å²) in [5.41, 5.74) is 1.35. The maximum atomic E-state index is 13.3. The number of hydrogen-bond donors (Lipinski definition) is 0. The van der Waals surface area contributed by atoms with Crippen LogP contribution in [0.3, 0.4) is 0 Å². The van der Waals surface area contributed by atoms with Crippen LogP contribution in [0.4, 0.5) is 4.39 Å². The average molecular weight is 223 g/mol. The number of oxazole rings is 1. The first-order valence-electron chi connectivity index (χ1n) is 4.76. The van der Waals surface area contributed by atoms with Crippen LogP contribution in [0.2, 0.25) is 0 Å². The van der Waals surface area contributed by atoms with Crippen LogP contribution >= 0.6 is 0 Å². The first-order valence-corrected chi connectivity index (χ1v) is 4.76. The Labute approximate surface area is 91.0 Å². The second kappa shape index (κ2) is 3.92. The predicted octanol–water partition coefficient (Wildman–Crippen LogP) is 2.34. The van der Waals surface area contributed by atoms with E-state index < -0.39 is 11.8 Å². The van der Waals surface area contributed by atoms with Gasteiger partial charge in [0.15, 0.2) is 18.0 Å². The van der Waals surface area contributed by atoms with E-state index in [1.165, 1.54) is 13.0 Å². The molecular formula is C11H10FNO3. The van der Waals surface area contributed by atoms with Gasteiger partial charge in [-0.2, -0.15) is 0 Å². The molecule has 0 radical (unpaired) electrons. The number of esters is 1. The standard InChI is InChI=1S/C11H10FNO3/c1-6-3-4-8(12)10-11(6)16-9(13-10)5-15-7(2)14/h3-4H,5H2,1-2H3. The highest BCUT2D eigenvalue weighted by molar-refractivity contribution is 5.76. The van der Waals surface area contributed by atoms with Gasteiger partial charge in [0.25, 0.3) is 0 Å². The summed E-state index contributed by atoms with van der Waals surface area (Å²) < 4.78 is 23.4. The summed E-state index contributed by atoms with van der Waals surface area (Å²) >= 11 is 0. The van der Waals surface area contributed by atoms with E-state index in [4.69, 9.17) is 9.15 Å². The maximum Gasteiger partial charge on any atom is 0.303 e. The van der Waals surface area contributed by atoms with Gasteiger partial charge in [0.05, 0.1) is 0 Å². The van der Waals surface area contributed by atoms with Crippen LogP contribution in [-0.2, 0) is 16.1 Å². The topological polar surface area (TPSA) is 52.3 Å². The number of aromatic nitrogens is 1. The molecular weight excluding hydrogens is 213 g/mol. The molecule has 5 heteroatoms. The van der Waals surface area contributed by atoms with Crippen LogP contribution in [-0.4, -0.2) is 11.0 Å². The average Bonchev–Trinajstić information content (AvgIpc) is 2.66. The number of carbonyl (C=O) groups excluding carboxylic acids is 1. The van der Waals surface area contributed by atoms with E-state index in [1.807, 2.05) is 0 Å². The molecule has 0 amide bonds. The SMILES string of the molecule is CC(=O)OCc1nc2c(F)ccc(C)c2o1. The molecule has 84 valence electrons. The van der Waals surface area contributed by atoms with Crippen molar-refractivity contribution in [1.82, 2.24) is 4.98 Å². The Morgan fingerprint density at radius 2 is 2.31 bits per heavy atom. The van der Waals surface area contributed by atoms with Crippen LogP contribution in [0.5, 0.6) is 0 Å². The summed E-state index contributed by atoms with van der Waals surface area (Å²) in [6, 6.07) is 2.94. The molecule has 0 aliphatic rings. The van der Waals surface area contributed by atoms with Gasteiger partial charge < -0.3 is 9.15 Å². The lowest BCUT2D eigenvalue weighted by atomic mass is 10.2. The Hall–Kier alpha value is -1.91. The second-order valence-electron chi connectivity index (χ2n) is 3.43. The van der Waals surface area contributed by atoms with Gasteiger partial charge in [0, 0.05) is 6.92 Å². The van der Waals surface area contributed by atoms with Gasteiger partial charge >= 0.3 is 5.97 Å². The lowest BCUT2D eigenvalue weighted by Crippen LogP contribution is -1.98. The molecule has 0 aliphatic heterocycles. The summed E-state index contributed by atoms with van der Waals surface area (Å²) in [7, 11) is 0. The summed E-state index contributed by atoms with van der Waals surface area (Å²) in [5.74, 6) is -0.684. The molecule has 2 rings (SSSR count). The normalized spacial score (nSPS) is 10.7. The molecule has 0 fully saturated rings. The van der Waals surface area contributed by atoms with Gasteiger partial charge in [-0.05, 0) is 18.6 Å². The maximum absolute atomic E-state index is 13.3. The van der Waals surface area contributed by atoms with E-state index in [0.29, 0.717) is 5.58 Å². The van der Waals surface area contributed by atoms with Crippen LogP contribution in [0.25, 0.3) is 11.1 Å². The number of ether oxygens (including phenoxy) is 1. The monoisotopic (exact) mass is 223 g/mol. The van der Waals surface area contributed by atoms with E-state index in [1.54, 1.807) is 13.0 Å². The number of halogens is 1. The van der Waals surface area contributed by atoms with Crippen molar-refractivity contribution in [3.8, 4) is 0 Å². The third-order valence-corrected chi connectivity index (χ3v) is 2.13. The molecule has 4 nitrogen and oxygen atoms in total. The predicted molar refractivity (Wildman–Crippen MR) is 54.2 cm³/mol. The highest BCUT2D eigenvalue weighted by Crippen LogP contribution is 2.22. The Morgan fingerprint density at radius 1 is 1.56 bits per heavy atom. The minimum atomic E-state index is -0.446. The van der Waals surface area contributed by atoms with E-state index in [-0.39, 0.29) is 18.0 Å². The number of nitrogens with zero attached hydrogens (tertiary/aromatic N) is 1. The summed E-state index contributed by atoms with van der Waals surface area (Å²) in [6.45, 7) is 3.00. The van der Waals surface area contributed by atoms with Crippen molar-refractivity contribution in [1.29, 1.82) is 0 Å². The number of aryl methyl sites for hydroxylation is 1. The molecule has 16 heavy (non-hydrogen) atoms. The van der Waals surface area contributed by atoms with Crippen LogP contribution in [0.1, 0.15) is 18.4 Å². The minimum absolute atomic E-state index is 0.0805. The third kappa shape index (κ3) is 1.88. The largest absolute Gasteiger partial charge is 0.456 e. The van der Waals surface area contributed by atoms with Gasteiger partial charge in [0.2, 0.25) is 5.89 Å². The molecule has 0 spiro atoms. The quantitative estimate of drug-likeness (QED) is 0.733. The number of rotatable bonds is 2. The molecule has 0 saturated heterocycles. The van der Waals surface area contributed by atoms with Crippen molar-refractivity contribution in [3.63, 3.8) is 0 Å². The lowest BCUT2D eigenvalue weighted by molar-refractivity contribution is -0.142. The Morgan fingerprint density at radius 3 is 2.94 bits per heavy atom. The van der Waals surface area contributed by atoms with Crippen molar-refractivity contribution >= 4 is 17.1 Å². The molecule has 1 aromatic carbocycles. The van der Waals surface area contributed by atoms with E-state index >= 15 is 0 Å². The first kappa shape index (κ1) is 10.6. The summed E-state index contributed by atoms with van der Waals surface area (Å²) in [6.07, 6.45) is 0. The van der Waals surface area contributed by atoms with Crippen molar-refractivity contribution in [3.05, 3.63) is 29.4 Å². The number of carbonyl (C=O) groups is 1. The smallest absolute Gasteiger partial charge is 0.303 e. The highest BCUT2D eigenvalue weighted by Gasteiger charge is 2.12. The Bertz CT molecular complexity index is 508. The molecule has 0 atom stereocenters. The fourth-order valence-corrected chi connectivity index (χ4v) is 1.37. The Kier molecular flexibility index (Phi) is 2.60. The summed E-state index contributed by atoms with van der Waals surface area (Å²) in [5, 5.41) is 0. The number of benzene rings is 1. The molecule has 0 saturated carbocycles. The molecule has 0 bridgehead atoms. The van der Waals surface area contributed by atoms with Gasteiger partial charge in [-0.15, -0.1) is 0 Å². The van der Waals surface area contributed by atoms with Crippen LogP contribution in [0.15, 0.2) is 16.5 Å². The Balaban J connectivity index is 2.39. The molecule has 1 heterocycles. The van der Waals surface area contributed by atoms with Gasteiger partial charge in [0.1, 0.15) is 5.52 Å². The zero-order valence-corrected chi connectivity index (χ0v) is 8.91. The second-order valence-corrected chi connectivity index (χ2v) is 3.43. The van der Waals surface area contributed by atoms with Crippen molar-refractivity contribution in [2.24, 2.45) is 0 Å². The zero-order valence-electron chi connectivity index (χ0n) is 8.91. The minimum Gasteiger partial charge on any atom is -0.456 e. The van der Waals surface area contributed by atoms with Gasteiger partial charge in [-0.25, -0.2) is 9.37 Å². The van der Waals surface area contributed by atoms with Gasteiger partial charge in [-0.1, -0.05) is 6.07 Å². The van der Waals surface area contributed by atoms with E-state index in [9.17, 15) is 9.18 Å². The number of fused-ring (bicyclic) bond motifs is 1. The number of hydrogen-bond acceptors (Lipinski definition) is 4. The molecule has 0 N–H and O–H groups in total. The van der Waals surface area contributed by atoms with E-state index in [0.717, 1.165) is 5.56 Å². The van der Waals surface area contributed by atoms with Crippen LogP contribution < -0.4 is 0 Å². The summed E-state index contributed by atoms with van der Waals surface area (Å²) in [4.78, 5) is 14.5. The van der Waals surface area contributed by atoms with Crippen molar-refractivity contribution in [2.45, 2.75) is 20.5 Å². The molecule has 0 aliphatic carbocycles. The van der Waals surface area contributed by atoms with Crippen molar-refractivity contribution < 1.29 is 18.3 Å². The van der Waals surface area contributed by atoms with Crippen molar-refractivity contribution in [2.75, 3.05) is 0 Å². The fourth-order valence-electron chi connectivity index (χ4n) is 1.37. The van der Waals surface area contributed by atoms with Crippen LogP contribution in [0, 0.1) is 12.7 Å². The fraction of sp³-hybridized carbons (Fsp3) is 0.273. The van der Waals surface area contributed by atoms with Gasteiger partial charge in [-0.3, -0.25) is 4.79 Å². The molecule has 0 unspecified atom stereocenters. The highest BCUT2D eigenvalue weighted by atomic mass is 19.1. The lowest BCUT2D eigenvalue weighted by Gasteiger charge is -1.95. The first-order chi connectivity index (χ1) is 7.58. The third-order valence-electron chi connectivity index (χ3n) is 2.13. The van der Waals surface area contributed by atoms with E-state index in [2.05, 4.69) is 4.98 Å². The molecule has 2 aromatic rings. The molecule has 1 aromatic heterocycles.